The summed E-state index contributed by atoms with van der Waals surface area (Å²) in [5, 5.41) is 8.49. The minimum Gasteiger partial charge on any atom is -0.494 e. The lowest BCUT2D eigenvalue weighted by Crippen LogP contribution is -2.00. The van der Waals surface area contributed by atoms with Gasteiger partial charge in [-0.25, -0.2) is 0 Å². The molecule has 0 fully saturated rings. The molecule has 0 spiro atoms. The Morgan fingerprint density at radius 3 is 2.41 bits per heavy atom. The maximum absolute atomic E-state index is 10.3. The predicted molar refractivity (Wildman–Crippen MR) is 70.6 cm³/mol. The van der Waals surface area contributed by atoms with E-state index < -0.39 is 5.97 Å². The van der Waals surface area contributed by atoms with Crippen LogP contribution in [-0.4, -0.2) is 17.7 Å². The molecule has 0 saturated carbocycles. The van der Waals surface area contributed by atoms with Gasteiger partial charge in [0.05, 0.1) is 6.61 Å². The van der Waals surface area contributed by atoms with E-state index in [4.69, 9.17) is 9.84 Å². The Morgan fingerprint density at radius 2 is 1.88 bits per heavy atom. The van der Waals surface area contributed by atoms with Crippen molar-refractivity contribution in [3.63, 3.8) is 0 Å². The lowest BCUT2D eigenvalue weighted by molar-refractivity contribution is -0.137. The van der Waals surface area contributed by atoms with E-state index >= 15 is 0 Å². The Balaban J connectivity index is 2.39. The van der Waals surface area contributed by atoms with Gasteiger partial charge in [-0.15, -0.1) is 0 Å². The highest BCUT2D eigenvalue weighted by atomic mass is 79.9. The molecule has 0 aliphatic carbocycles. The summed E-state index contributed by atoms with van der Waals surface area (Å²) in [4.78, 5) is 10.3. The number of carboxylic acid groups (broad SMARTS) is 1. The maximum atomic E-state index is 10.3. The first kappa shape index (κ1) is 14.0. The molecule has 17 heavy (non-hydrogen) atoms. The van der Waals surface area contributed by atoms with Crippen molar-refractivity contribution in [3.05, 3.63) is 27.7 Å². The summed E-state index contributed by atoms with van der Waals surface area (Å²) in [5.41, 5.74) is 2.29. The third-order valence-corrected chi connectivity index (χ3v) is 3.71. The summed E-state index contributed by atoms with van der Waals surface area (Å²) in [6.07, 6.45) is 1.63. The number of unbranched alkanes of at least 4 members (excludes halogenated alkanes) is 1. The van der Waals surface area contributed by atoms with Crippen LogP contribution in [0.25, 0.3) is 0 Å². The first-order valence-electron chi connectivity index (χ1n) is 5.62. The molecule has 3 nitrogen and oxygen atoms in total. The highest BCUT2D eigenvalue weighted by Gasteiger charge is 2.03. The van der Waals surface area contributed by atoms with E-state index in [9.17, 15) is 4.79 Å². The largest absolute Gasteiger partial charge is 0.494 e. The van der Waals surface area contributed by atoms with Crippen LogP contribution >= 0.6 is 15.9 Å². The van der Waals surface area contributed by atoms with E-state index in [0.717, 1.165) is 27.8 Å². The van der Waals surface area contributed by atoms with Crippen LogP contribution in [0.2, 0.25) is 0 Å². The quantitative estimate of drug-likeness (QED) is 0.815. The van der Waals surface area contributed by atoms with Gasteiger partial charge in [-0.2, -0.15) is 0 Å². The minimum absolute atomic E-state index is 0.210. The molecule has 0 heterocycles. The molecule has 4 heteroatoms. The van der Waals surface area contributed by atoms with Gasteiger partial charge < -0.3 is 9.84 Å². The highest BCUT2D eigenvalue weighted by molar-refractivity contribution is 9.10. The van der Waals surface area contributed by atoms with Crippen molar-refractivity contribution in [2.24, 2.45) is 0 Å². The summed E-state index contributed by atoms with van der Waals surface area (Å²) < 4.78 is 6.70. The Labute approximate surface area is 110 Å². The first-order chi connectivity index (χ1) is 8.00. The van der Waals surface area contributed by atoms with Crippen molar-refractivity contribution in [1.29, 1.82) is 0 Å². The number of benzene rings is 1. The molecule has 0 saturated heterocycles. The standard InChI is InChI=1S/C13H17BrO3/c1-9-7-11(8-10(2)13(9)14)17-6-4-3-5-12(15)16/h7-8H,3-6H2,1-2H3,(H,15,16). The fourth-order valence-electron chi connectivity index (χ4n) is 1.56. The van der Waals surface area contributed by atoms with Crippen molar-refractivity contribution in [3.8, 4) is 5.75 Å². The molecule has 1 N–H and O–H groups in total. The minimum atomic E-state index is -0.750. The lowest BCUT2D eigenvalue weighted by atomic mass is 10.1. The summed E-state index contributed by atoms with van der Waals surface area (Å²) in [5.74, 6) is 0.0962. The second-order valence-corrected chi connectivity index (χ2v) is 4.86. The monoisotopic (exact) mass is 300 g/mol. The van der Waals surface area contributed by atoms with Crippen LogP contribution in [-0.2, 0) is 4.79 Å². The number of aliphatic carboxylic acids is 1. The molecule has 0 aliphatic heterocycles. The van der Waals surface area contributed by atoms with Crippen LogP contribution in [0.4, 0.5) is 0 Å². The summed E-state index contributed by atoms with van der Waals surface area (Å²) in [7, 11) is 0. The zero-order chi connectivity index (χ0) is 12.8. The third-order valence-electron chi connectivity index (χ3n) is 2.46. The Bertz CT molecular complexity index is 379. The summed E-state index contributed by atoms with van der Waals surface area (Å²) in [6.45, 7) is 4.61. The van der Waals surface area contributed by atoms with Crippen LogP contribution in [0.3, 0.4) is 0 Å². The van der Waals surface area contributed by atoms with Crippen molar-refractivity contribution in [2.75, 3.05) is 6.61 Å². The number of carbonyl (C=O) groups is 1. The van der Waals surface area contributed by atoms with Gasteiger partial charge in [-0.1, -0.05) is 15.9 Å². The van der Waals surface area contributed by atoms with E-state index in [1.54, 1.807) is 0 Å². The Morgan fingerprint density at radius 1 is 1.29 bits per heavy atom. The number of hydrogen-bond acceptors (Lipinski definition) is 2. The van der Waals surface area contributed by atoms with Gasteiger partial charge in [0, 0.05) is 10.9 Å². The summed E-state index contributed by atoms with van der Waals surface area (Å²) in [6, 6.07) is 3.96. The number of rotatable bonds is 6. The molecule has 0 amide bonds. The fraction of sp³-hybridized carbons (Fsp3) is 0.462. The molecule has 0 bridgehead atoms. The Hall–Kier alpha value is -1.03. The van der Waals surface area contributed by atoms with Gasteiger partial charge in [0.1, 0.15) is 5.75 Å². The van der Waals surface area contributed by atoms with Gasteiger partial charge in [0.15, 0.2) is 0 Å². The predicted octanol–water partition coefficient (Wildman–Crippen LogP) is 3.70. The Kier molecular flexibility index (Phi) is 5.48. The lowest BCUT2D eigenvalue weighted by Gasteiger charge is -2.09. The molecule has 1 aromatic carbocycles. The zero-order valence-electron chi connectivity index (χ0n) is 10.1. The van der Waals surface area contributed by atoms with E-state index in [-0.39, 0.29) is 6.42 Å². The van der Waals surface area contributed by atoms with Gasteiger partial charge in [-0.05, 0) is 49.9 Å². The van der Waals surface area contributed by atoms with Crippen molar-refractivity contribution >= 4 is 21.9 Å². The van der Waals surface area contributed by atoms with Crippen LogP contribution < -0.4 is 4.74 Å². The molecule has 94 valence electrons. The fourth-order valence-corrected chi connectivity index (χ4v) is 1.79. The zero-order valence-corrected chi connectivity index (χ0v) is 11.7. The molecule has 1 aromatic rings. The van der Waals surface area contributed by atoms with Gasteiger partial charge >= 0.3 is 5.97 Å². The second kappa shape index (κ2) is 6.64. The van der Waals surface area contributed by atoms with Gasteiger partial charge in [0.2, 0.25) is 0 Å². The molecule has 0 unspecified atom stereocenters. The van der Waals surface area contributed by atoms with Crippen molar-refractivity contribution in [2.45, 2.75) is 33.1 Å². The number of aryl methyl sites for hydroxylation is 2. The topological polar surface area (TPSA) is 46.5 Å². The van der Waals surface area contributed by atoms with E-state index in [2.05, 4.69) is 15.9 Å². The molecule has 0 aliphatic rings. The van der Waals surface area contributed by atoms with Gasteiger partial charge in [0.25, 0.3) is 0 Å². The van der Waals surface area contributed by atoms with Gasteiger partial charge in [-0.3, -0.25) is 4.79 Å². The molecule has 0 aromatic heterocycles. The van der Waals surface area contributed by atoms with Crippen LogP contribution in [0.1, 0.15) is 30.4 Å². The number of hydrogen-bond donors (Lipinski definition) is 1. The average Bonchev–Trinajstić information content (AvgIpc) is 2.25. The summed E-state index contributed by atoms with van der Waals surface area (Å²) >= 11 is 3.50. The van der Waals surface area contributed by atoms with Crippen molar-refractivity contribution < 1.29 is 14.6 Å². The average molecular weight is 301 g/mol. The number of carboxylic acids is 1. The van der Waals surface area contributed by atoms with Crippen LogP contribution in [0, 0.1) is 13.8 Å². The molecule has 0 radical (unpaired) electrons. The number of halogens is 1. The van der Waals surface area contributed by atoms with Crippen molar-refractivity contribution in [1.82, 2.24) is 0 Å². The molecular formula is C13H17BrO3. The maximum Gasteiger partial charge on any atom is 0.303 e. The molecular weight excluding hydrogens is 284 g/mol. The number of ether oxygens (including phenoxy) is 1. The SMILES string of the molecule is Cc1cc(OCCCCC(=O)O)cc(C)c1Br. The van der Waals surface area contributed by atoms with Crippen LogP contribution in [0.5, 0.6) is 5.75 Å². The highest BCUT2D eigenvalue weighted by Crippen LogP contribution is 2.26. The smallest absolute Gasteiger partial charge is 0.303 e. The van der Waals surface area contributed by atoms with E-state index in [1.165, 1.54) is 0 Å². The van der Waals surface area contributed by atoms with E-state index in [1.807, 2.05) is 26.0 Å². The van der Waals surface area contributed by atoms with Crippen LogP contribution in [0.15, 0.2) is 16.6 Å². The normalized spacial score (nSPS) is 10.3. The van der Waals surface area contributed by atoms with E-state index in [0.29, 0.717) is 13.0 Å². The third kappa shape index (κ3) is 4.77. The second-order valence-electron chi connectivity index (χ2n) is 4.07. The molecule has 1 rings (SSSR count). The molecule has 0 atom stereocenters. The first-order valence-corrected chi connectivity index (χ1v) is 6.41.